The van der Waals surface area contributed by atoms with E-state index in [4.69, 9.17) is 0 Å². The minimum absolute atomic E-state index is 0.0439. The fourth-order valence-corrected chi connectivity index (χ4v) is 8.72. The Bertz CT molecular complexity index is 2590. The van der Waals surface area contributed by atoms with Crippen LogP contribution in [0, 0.1) is 0 Å². The maximum absolute atomic E-state index is 2.67. The summed E-state index contributed by atoms with van der Waals surface area (Å²) < 4.78 is 2.67. The van der Waals surface area contributed by atoms with Gasteiger partial charge in [-0.1, -0.05) is 103 Å². The predicted molar refractivity (Wildman–Crippen MR) is 188 cm³/mol. The van der Waals surface area contributed by atoms with Gasteiger partial charge in [0.25, 0.3) is 0 Å². The molecule has 0 N–H and O–H groups in total. The number of nitrogens with zero attached hydrogens (tertiary/aromatic N) is 2. The van der Waals surface area contributed by atoms with Gasteiger partial charge in [-0.2, -0.15) is 0 Å². The third kappa shape index (κ3) is 2.69. The second kappa shape index (κ2) is 8.09. The van der Waals surface area contributed by atoms with Crippen LogP contribution < -0.4 is 15.8 Å². The second-order valence-corrected chi connectivity index (χ2v) is 12.4. The summed E-state index contributed by atoms with van der Waals surface area (Å²) in [5.41, 5.74) is 14.6. The number of allylic oxidation sites excluding steroid dienone is 1. The molecule has 202 valence electrons. The normalized spacial score (nSPS) is 14.1. The average Bonchev–Trinajstić information content (AvgIpc) is 3.42. The van der Waals surface area contributed by atoms with E-state index in [9.17, 15) is 0 Å². The Kier molecular flexibility index (Phi) is 4.23. The van der Waals surface area contributed by atoms with E-state index in [0.29, 0.717) is 0 Å². The molecule has 11 rings (SSSR count). The van der Waals surface area contributed by atoms with Crippen LogP contribution in [0.25, 0.3) is 60.6 Å². The van der Waals surface area contributed by atoms with Crippen LogP contribution in [-0.2, 0) is 6.42 Å². The first-order chi connectivity index (χ1) is 21.9. The fraction of sp³-hybridized carbons (Fsp3) is 0.0244. The van der Waals surface area contributed by atoms with E-state index >= 15 is 0 Å². The molecule has 3 heterocycles. The second-order valence-electron chi connectivity index (χ2n) is 12.4. The molecule has 44 heavy (non-hydrogen) atoms. The quantitative estimate of drug-likeness (QED) is 0.145. The van der Waals surface area contributed by atoms with Gasteiger partial charge in [0.05, 0.1) is 0 Å². The molecule has 0 bridgehead atoms. The lowest BCUT2D eigenvalue weighted by Gasteiger charge is -2.41. The van der Waals surface area contributed by atoms with Gasteiger partial charge in [-0.05, 0) is 92.0 Å². The van der Waals surface area contributed by atoms with Crippen molar-refractivity contribution in [2.45, 2.75) is 6.42 Å². The van der Waals surface area contributed by atoms with Gasteiger partial charge in [0.2, 0.25) is 0 Å². The summed E-state index contributed by atoms with van der Waals surface area (Å²) >= 11 is 0. The molecule has 0 atom stereocenters. The molecular formula is C41H25BN2. The van der Waals surface area contributed by atoms with Crippen LogP contribution >= 0.6 is 0 Å². The van der Waals surface area contributed by atoms with Gasteiger partial charge in [0.15, 0.2) is 0 Å². The van der Waals surface area contributed by atoms with Crippen molar-refractivity contribution >= 4 is 84.3 Å². The third-order valence-corrected chi connectivity index (χ3v) is 10.3. The van der Waals surface area contributed by atoms with Gasteiger partial charge >= 0.3 is 6.85 Å². The van der Waals surface area contributed by atoms with Crippen LogP contribution in [0.2, 0.25) is 0 Å². The molecule has 8 aromatic rings. The first-order valence-electron chi connectivity index (χ1n) is 15.5. The summed E-state index contributed by atoms with van der Waals surface area (Å²) in [5.74, 6) is 0. The first kappa shape index (κ1) is 23.0. The number of hydrogen-bond acceptors (Lipinski definition) is 1. The zero-order valence-corrected chi connectivity index (χ0v) is 24.0. The lowest BCUT2D eigenvalue weighted by Crippen LogP contribution is -2.57. The molecule has 1 aromatic heterocycles. The lowest BCUT2D eigenvalue weighted by molar-refractivity contribution is 1.25. The molecule has 0 saturated heterocycles. The van der Waals surface area contributed by atoms with Crippen molar-refractivity contribution in [2.24, 2.45) is 0 Å². The van der Waals surface area contributed by atoms with E-state index in [1.807, 2.05) is 0 Å². The number of fused-ring (bicyclic) bond motifs is 10. The number of para-hydroxylation sites is 3. The molecule has 1 aliphatic carbocycles. The van der Waals surface area contributed by atoms with Crippen molar-refractivity contribution in [3.63, 3.8) is 0 Å². The minimum atomic E-state index is 0.0439. The van der Waals surface area contributed by atoms with E-state index in [1.165, 1.54) is 93.6 Å². The van der Waals surface area contributed by atoms with Gasteiger partial charge in [0.1, 0.15) is 0 Å². The molecule has 3 aliphatic rings. The standard InChI is InChI=1S/C41H25BN2/c1-2-13-27(14-3-1)43-36-22-10-18-31-33-20-9-19-32-29-16-6-7-21-35(29)44(41(32)33)42(39(31)36)40-34-23-25-11-4-5-15-28(25)30-17-8-12-26(38(30)34)24-37(40)43/h1-16,18-24H,17H2. The molecule has 7 aromatic carbocycles. The topological polar surface area (TPSA) is 8.17 Å². The highest BCUT2D eigenvalue weighted by molar-refractivity contribution is 6.91. The van der Waals surface area contributed by atoms with Crippen LogP contribution in [0.3, 0.4) is 0 Å². The van der Waals surface area contributed by atoms with Gasteiger partial charge in [-0.25, -0.2) is 0 Å². The van der Waals surface area contributed by atoms with Crippen LogP contribution in [-0.4, -0.2) is 11.3 Å². The average molecular weight is 556 g/mol. The van der Waals surface area contributed by atoms with E-state index < -0.39 is 0 Å². The lowest BCUT2D eigenvalue weighted by atomic mass is 9.44. The molecule has 3 heteroatoms. The Balaban J connectivity index is 1.40. The monoisotopic (exact) mass is 556 g/mol. The number of anilines is 3. The van der Waals surface area contributed by atoms with Gasteiger partial charge in [-0.3, -0.25) is 0 Å². The zero-order chi connectivity index (χ0) is 28.5. The highest BCUT2D eigenvalue weighted by Crippen LogP contribution is 2.47. The first-order valence-corrected chi connectivity index (χ1v) is 15.5. The Hall–Kier alpha value is -5.54. The van der Waals surface area contributed by atoms with Crippen molar-refractivity contribution in [1.29, 1.82) is 0 Å². The third-order valence-electron chi connectivity index (χ3n) is 10.3. The molecule has 0 fully saturated rings. The van der Waals surface area contributed by atoms with E-state index in [0.717, 1.165) is 6.42 Å². The van der Waals surface area contributed by atoms with Crippen molar-refractivity contribution in [1.82, 2.24) is 4.48 Å². The van der Waals surface area contributed by atoms with Crippen molar-refractivity contribution in [3.8, 4) is 11.1 Å². The maximum Gasteiger partial charge on any atom is 0.333 e. The summed E-state index contributed by atoms with van der Waals surface area (Å²) in [5, 5.41) is 8.11. The van der Waals surface area contributed by atoms with Crippen molar-refractivity contribution in [2.75, 3.05) is 4.90 Å². The Morgan fingerprint density at radius 3 is 2.27 bits per heavy atom. The van der Waals surface area contributed by atoms with E-state index in [2.05, 4.69) is 149 Å². The summed E-state index contributed by atoms with van der Waals surface area (Å²) in [7, 11) is 0. The van der Waals surface area contributed by atoms with Gasteiger partial charge < -0.3 is 9.38 Å². The van der Waals surface area contributed by atoms with Crippen LogP contribution in [0.4, 0.5) is 17.1 Å². The fourth-order valence-electron chi connectivity index (χ4n) is 8.72. The molecule has 2 aliphatic heterocycles. The van der Waals surface area contributed by atoms with E-state index in [1.54, 1.807) is 0 Å². The molecular weight excluding hydrogens is 531 g/mol. The SMILES string of the molecule is C1=Cc2cc3c(c4cc5ccccc5c(c24)C1)B1c2c(cccc2N3c2ccccc2)-c2cccc3c4ccccc4n1c23. The maximum atomic E-state index is 2.67. The molecule has 0 saturated carbocycles. The zero-order valence-electron chi connectivity index (χ0n) is 24.0. The van der Waals surface area contributed by atoms with Crippen LogP contribution in [0.5, 0.6) is 0 Å². The highest BCUT2D eigenvalue weighted by Gasteiger charge is 2.43. The van der Waals surface area contributed by atoms with Crippen molar-refractivity contribution < 1.29 is 0 Å². The van der Waals surface area contributed by atoms with Crippen LogP contribution in [0.15, 0.2) is 133 Å². The Morgan fingerprint density at radius 2 is 1.34 bits per heavy atom. The number of rotatable bonds is 1. The Morgan fingerprint density at radius 1 is 0.568 bits per heavy atom. The number of benzene rings is 7. The molecule has 2 nitrogen and oxygen atoms in total. The largest absolute Gasteiger partial charge is 0.375 e. The predicted octanol–water partition coefficient (Wildman–Crippen LogP) is 9.09. The highest BCUT2D eigenvalue weighted by atomic mass is 15.2. The summed E-state index contributed by atoms with van der Waals surface area (Å²) in [6, 6.07) is 47.6. The van der Waals surface area contributed by atoms with E-state index in [-0.39, 0.29) is 6.85 Å². The van der Waals surface area contributed by atoms with Gasteiger partial charge in [0, 0.05) is 44.4 Å². The minimum Gasteiger partial charge on any atom is -0.375 e. The Labute approximate surface area is 255 Å². The molecule has 0 spiro atoms. The smallest absolute Gasteiger partial charge is 0.333 e. The molecule has 0 amide bonds. The summed E-state index contributed by atoms with van der Waals surface area (Å²) in [6.07, 6.45) is 5.65. The number of aromatic nitrogens is 1. The summed E-state index contributed by atoms with van der Waals surface area (Å²) in [4.78, 5) is 2.52. The van der Waals surface area contributed by atoms with Gasteiger partial charge in [-0.15, -0.1) is 0 Å². The molecule has 0 radical (unpaired) electrons. The molecule has 0 unspecified atom stereocenters. The summed E-state index contributed by atoms with van der Waals surface area (Å²) in [6.45, 7) is 0.0439. The van der Waals surface area contributed by atoms with Crippen molar-refractivity contribution in [3.05, 3.63) is 145 Å². The number of hydrogen-bond donors (Lipinski definition) is 0. The van der Waals surface area contributed by atoms with Crippen LogP contribution in [0.1, 0.15) is 11.1 Å².